The quantitative estimate of drug-likeness (QED) is 0.537. The number of nitrogens with one attached hydrogen (secondary N) is 2. The summed E-state index contributed by atoms with van der Waals surface area (Å²) in [6.45, 7) is 5.18. The Kier molecular flexibility index (Phi) is 7.82. The second kappa shape index (κ2) is 10.3. The minimum atomic E-state index is -1.23. The van der Waals surface area contributed by atoms with Crippen LogP contribution in [0, 0.1) is 6.92 Å². The maximum atomic E-state index is 12.1. The highest BCUT2D eigenvalue weighted by Crippen LogP contribution is 2.10. The third kappa shape index (κ3) is 7.11. The lowest BCUT2D eigenvalue weighted by Gasteiger charge is -2.17. The van der Waals surface area contributed by atoms with Gasteiger partial charge in [-0.1, -0.05) is 31.2 Å². The van der Waals surface area contributed by atoms with Gasteiger partial charge in [0.25, 0.3) is 0 Å². The third-order valence-corrected chi connectivity index (χ3v) is 4.30. The smallest absolute Gasteiger partial charge is 0.230 e. The molecule has 0 aromatic heterocycles. The van der Waals surface area contributed by atoms with E-state index in [1.807, 2.05) is 55.5 Å². The molecule has 0 aliphatic rings. The van der Waals surface area contributed by atoms with Crippen molar-refractivity contribution in [1.82, 2.24) is 0 Å². The van der Waals surface area contributed by atoms with Crippen LogP contribution in [0.3, 0.4) is 0 Å². The number of carbonyl (C=O) groups is 2. The lowest BCUT2D eigenvalue weighted by Crippen LogP contribution is -2.94. The minimum absolute atomic E-state index is 0.137. The second-order valence-electron chi connectivity index (χ2n) is 6.55. The Hall–Kier alpha value is -2.86. The van der Waals surface area contributed by atoms with Gasteiger partial charge in [0.15, 0.2) is 0 Å². The predicted octanol–water partition coefficient (Wildman–Crippen LogP) is 0.680. The van der Waals surface area contributed by atoms with Gasteiger partial charge in [-0.05, 0) is 48.7 Å². The number of aryl methyl sites for hydroxylation is 2. The highest BCUT2D eigenvalue weighted by molar-refractivity contribution is 5.93. The fourth-order valence-electron chi connectivity index (χ4n) is 2.75. The zero-order chi connectivity index (χ0) is 19.6. The van der Waals surface area contributed by atoms with Gasteiger partial charge in [-0.25, -0.2) is 0 Å². The molecule has 2 aromatic rings. The molecule has 0 radical (unpaired) electrons. The van der Waals surface area contributed by atoms with Crippen LogP contribution in [0.15, 0.2) is 48.5 Å². The first-order valence-corrected chi connectivity index (χ1v) is 9.21. The fraction of sp³-hybridized carbons (Fsp3) is 0.333. The average Bonchev–Trinajstić information content (AvgIpc) is 2.64. The molecule has 144 valence electrons. The molecule has 0 saturated heterocycles. The highest BCUT2D eigenvalue weighted by Gasteiger charge is 2.18. The van der Waals surface area contributed by atoms with E-state index < -0.39 is 12.0 Å². The Bertz CT molecular complexity index is 760. The number of anilines is 2. The zero-order valence-corrected chi connectivity index (χ0v) is 15.8. The van der Waals surface area contributed by atoms with E-state index >= 15 is 0 Å². The van der Waals surface area contributed by atoms with E-state index in [1.54, 1.807) is 5.32 Å². The SMILES string of the molecule is CCc1ccc(NC(=O)C[C@@H]([NH2+]CCNc2cccc(C)c2)C(=O)[O-])cc1. The number of hydrogen-bond acceptors (Lipinski definition) is 4. The average molecular weight is 369 g/mol. The van der Waals surface area contributed by atoms with Crippen molar-refractivity contribution in [2.75, 3.05) is 23.7 Å². The third-order valence-electron chi connectivity index (χ3n) is 4.30. The molecule has 4 N–H and O–H groups in total. The lowest BCUT2D eigenvalue weighted by atomic mass is 10.1. The van der Waals surface area contributed by atoms with E-state index in [4.69, 9.17) is 0 Å². The maximum Gasteiger partial charge on any atom is 0.230 e. The summed E-state index contributed by atoms with van der Waals surface area (Å²) < 4.78 is 0. The largest absolute Gasteiger partial charge is 0.544 e. The van der Waals surface area contributed by atoms with Crippen molar-refractivity contribution in [3.63, 3.8) is 0 Å². The first-order chi connectivity index (χ1) is 13.0. The minimum Gasteiger partial charge on any atom is -0.544 e. The number of carbonyl (C=O) groups excluding carboxylic acids is 2. The molecule has 2 aromatic carbocycles. The molecule has 0 saturated carbocycles. The van der Waals surface area contributed by atoms with Crippen LogP contribution in [-0.4, -0.2) is 31.0 Å². The lowest BCUT2D eigenvalue weighted by molar-refractivity contribution is -0.680. The maximum absolute atomic E-state index is 12.1. The summed E-state index contributed by atoms with van der Waals surface area (Å²) in [6, 6.07) is 14.6. The Morgan fingerprint density at radius 3 is 2.48 bits per heavy atom. The number of quaternary nitrogens is 1. The molecular formula is C21H27N3O3. The molecule has 1 amide bonds. The van der Waals surface area contributed by atoms with Gasteiger partial charge < -0.3 is 25.9 Å². The van der Waals surface area contributed by atoms with Crippen LogP contribution < -0.4 is 21.1 Å². The first-order valence-electron chi connectivity index (χ1n) is 9.21. The van der Waals surface area contributed by atoms with Gasteiger partial charge in [0.2, 0.25) is 5.91 Å². The van der Waals surface area contributed by atoms with E-state index in [1.165, 1.54) is 5.56 Å². The molecule has 6 heteroatoms. The number of carboxylic acid groups (broad SMARTS) is 1. The zero-order valence-electron chi connectivity index (χ0n) is 15.8. The van der Waals surface area contributed by atoms with Crippen molar-refractivity contribution < 1.29 is 20.0 Å². The van der Waals surface area contributed by atoms with E-state index in [2.05, 4.69) is 17.6 Å². The second-order valence-corrected chi connectivity index (χ2v) is 6.55. The van der Waals surface area contributed by atoms with Gasteiger partial charge in [0.05, 0.1) is 25.5 Å². The molecule has 2 rings (SSSR count). The van der Waals surface area contributed by atoms with E-state index in [0.29, 0.717) is 18.8 Å². The standard InChI is InChI=1S/C21H27N3O3/c1-3-16-7-9-17(10-8-16)24-20(25)14-19(21(26)27)23-12-11-22-18-6-4-5-15(2)13-18/h4-10,13,19,22-23H,3,11-12,14H2,1-2H3,(H,24,25)(H,26,27)/t19-/m1/s1. The van der Waals surface area contributed by atoms with Gasteiger partial charge >= 0.3 is 0 Å². The Labute approximate surface area is 160 Å². The summed E-state index contributed by atoms with van der Waals surface area (Å²) in [5.41, 5.74) is 3.98. The van der Waals surface area contributed by atoms with Crippen molar-refractivity contribution in [2.24, 2.45) is 0 Å². The monoisotopic (exact) mass is 369 g/mol. The number of aliphatic carboxylic acids is 1. The molecule has 0 fully saturated rings. The van der Waals surface area contributed by atoms with Crippen LogP contribution >= 0.6 is 0 Å². The number of hydrogen-bond donors (Lipinski definition) is 3. The Balaban J connectivity index is 1.78. The van der Waals surface area contributed by atoms with Crippen molar-refractivity contribution in [3.8, 4) is 0 Å². The molecular weight excluding hydrogens is 342 g/mol. The van der Waals surface area contributed by atoms with E-state index in [0.717, 1.165) is 17.7 Å². The van der Waals surface area contributed by atoms with Gasteiger partial charge in [0.1, 0.15) is 6.04 Å². The van der Waals surface area contributed by atoms with E-state index in [9.17, 15) is 14.7 Å². The van der Waals surface area contributed by atoms with Crippen LogP contribution in [0.2, 0.25) is 0 Å². The van der Waals surface area contributed by atoms with Crippen LogP contribution in [0.25, 0.3) is 0 Å². The molecule has 0 spiro atoms. The topological polar surface area (TPSA) is 97.9 Å². The van der Waals surface area contributed by atoms with Crippen LogP contribution in [0.4, 0.5) is 11.4 Å². The fourth-order valence-corrected chi connectivity index (χ4v) is 2.75. The summed E-state index contributed by atoms with van der Waals surface area (Å²) in [5.74, 6) is -1.57. The first kappa shape index (κ1) is 20.5. The van der Waals surface area contributed by atoms with Gasteiger partial charge in [-0.15, -0.1) is 0 Å². The normalized spacial score (nSPS) is 11.6. The van der Waals surface area contributed by atoms with Crippen LogP contribution in [0.1, 0.15) is 24.5 Å². The van der Waals surface area contributed by atoms with Crippen LogP contribution in [-0.2, 0) is 16.0 Å². The molecule has 6 nitrogen and oxygen atoms in total. The molecule has 1 atom stereocenters. The predicted molar refractivity (Wildman–Crippen MR) is 104 cm³/mol. The van der Waals surface area contributed by atoms with Crippen molar-refractivity contribution in [3.05, 3.63) is 59.7 Å². The summed E-state index contributed by atoms with van der Waals surface area (Å²) in [7, 11) is 0. The molecule has 0 bridgehead atoms. The summed E-state index contributed by atoms with van der Waals surface area (Å²) in [4.78, 5) is 23.5. The van der Waals surface area contributed by atoms with Crippen molar-refractivity contribution in [2.45, 2.75) is 32.7 Å². The number of nitrogens with two attached hydrogens (primary N) is 1. The Morgan fingerprint density at radius 2 is 1.85 bits per heavy atom. The van der Waals surface area contributed by atoms with Gasteiger partial charge in [-0.3, -0.25) is 4.79 Å². The van der Waals surface area contributed by atoms with Gasteiger partial charge in [0, 0.05) is 11.4 Å². The highest BCUT2D eigenvalue weighted by atomic mass is 16.4. The van der Waals surface area contributed by atoms with Crippen molar-refractivity contribution >= 4 is 23.3 Å². The molecule has 27 heavy (non-hydrogen) atoms. The summed E-state index contributed by atoms with van der Waals surface area (Å²) in [6.07, 6.45) is 0.787. The number of benzene rings is 2. The molecule has 0 unspecified atom stereocenters. The number of amides is 1. The van der Waals surface area contributed by atoms with Gasteiger partial charge in [-0.2, -0.15) is 0 Å². The molecule has 0 aliphatic carbocycles. The van der Waals surface area contributed by atoms with Crippen molar-refractivity contribution in [1.29, 1.82) is 0 Å². The number of carboxylic acids is 1. The molecule has 0 heterocycles. The number of rotatable bonds is 10. The van der Waals surface area contributed by atoms with E-state index in [-0.39, 0.29) is 12.3 Å². The summed E-state index contributed by atoms with van der Waals surface area (Å²) in [5, 5.41) is 18.9. The Morgan fingerprint density at radius 1 is 1.11 bits per heavy atom. The summed E-state index contributed by atoms with van der Waals surface area (Å²) >= 11 is 0. The molecule has 0 aliphatic heterocycles. The van der Waals surface area contributed by atoms with Crippen LogP contribution in [0.5, 0.6) is 0 Å².